The Morgan fingerprint density at radius 2 is 1.98 bits per heavy atom. The zero-order chi connectivity index (χ0) is 35.7. The molecule has 0 radical (unpaired) electrons. The van der Waals surface area contributed by atoms with E-state index in [1.54, 1.807) is 23.4 Å². The van der Waals surface area contributed by atoms with Gasteiger partial charge in [-0.1, -0.05) is 0 Å². The van der Waals surface area contributed by atoms with E-state index in [0.29, 0.717) is 30.9 Å². The van der Waals surface area contributed by atoms with Crippen LogP contribution < -0.4 is 20.9 Å². The van der Waals surface area contributed by atoms with E-state index < -0.39 is 21.8 Å². The average Bonchev–Trinajstić information content (AvgIpc) is 3.49. The third-order valence-corrected chi connectivity index (χ3v) is 14.5. The van der Waals surface area contributed by atoms with Crippen molar-refractivity contribution in [2.45, 2.75) is 119 Å². The Bertz CT molecular complexity index is 1530. The molecule has 5 aliphatic rings. The Hall–Kier alpha value is -1.26. The van der Waals surface area contributed by atoms with Crippen molar-refractivity contribution in [3.05, 3.63) is 27.4 Å². The number of hydrogen-bond donors (Lipinski definition) is 3. The number of hydrogen-bond acceptors (Lipinski definition) is 11. The maximum atomic E-state index is 14.0. The van der Waals surface area contributed by atoms with Crippen molar-refractivity contribution in [2.75, 3.05) is 45.9 Å². The van der Waals surface area contributed by atoms with Crippen LogP contribution in [0.25, 0.3) is 0 Å². The molecule has 3 aliphatic heterocycles. The highest BCUT2D eigenvalue weighted by atomic mass is 35.5. The quantitative estimate of drug-likeness (QED) is 0.286. The molecule has 4 fully saturated rings. The second kappa shape index (κ2) is 16.4. The van der Waals surface area contributed by atoms with E-state index in [1.165, 1.54) is 0 Å². The van der Waals surface area contributed by atoms with Crippen LogP contribution in [0.2, 0.25) is 0 Å². The first-order chi connectivity index (χ1) is 23.8. The van der Waals surface area contributed by atoms with Crippen LogP contribution in [0.5, 0.6) is 0 Å². The first-order valence-corrected chi connectivity index (χ1v) is 21.9. The Morgan fingerprint density at radius 1 is 1.18 bits per heavy atom. The molecule has 0 spiro atoms. The number of carbonyl (C=O) groups is 1. The molecule has 3 saturated heterocycles. The number of methoxy groups -OCH3 is 1. The Kier molecular flexibility index (Phi) is 12.6. The number of likely N-dealkylation sites (N-methyl/N-ethyl adjacent to an activating group) is 1. The molecular formula is C35H57ClN6O6S2. The molecule has 1 aromatic rings. The van der Waals surface area contributed by atoms with E-state index >= 15 is 0 Å². The molecule has 1 aromatic heterocycles. The summed E-state index contributed by atoms with van der Waals surface area (Å²) in [6.45, 7) is 6.89. The first kappa shape index (κ1) is 38.5. The molecule has 2 aliphatic carbocycles. The Balaban J connectivity index is 1.10. The van der Waals surface area contributed by atoms with Crippen molar-refractivity contribution in [3.63, 3.8) is 0 Å². The number of thioether (sulfide) groups is 1. The standard InChI is InChI=1S/C35H57ClN6O6S2/c1-20-14-26(33-32(38-20)28(19-49-33)34(43)40-50(5,45)46)25-16-23(36)6-9-30(25)48-13-12-42-21(2)39-29-8-7-24(17-27(29)35(42)44)41(3)18-22-10-11-37-31(15-22)47-4/h20,22-26,28,30-33,37-38H,6-19H2,1-5H3,(H,40,43)/t20?,22?,23?,24-,25?,26?,28?,30?,31?,32?,33?/m0/s1. The van der Waals surface area contributed by atoms with Crippen molar-refractivity contribution in [1.29, 1.82) is 0 Å². The SMILES string of the molecule is COC1CC(CN(C)[C@H]2CCc3nc(C)n(CCOC4CCC(Cl)CC4C4CC(C)NC5C(C(=O)NS(C)(=O)=O)CSC45)c(=O)c3C2)CCN1. The van der Waals surface area contributed by atoms with Gasteiger partial charge in [-0.25, -0.2) is 13.4 Å². The molecule has 0 aromatic carbocycles. The summed E-state index contributed by atoms with van der Waals surface area (Å²) in [4.78, 5) is 34.3. The number of amides is 1. The van der Waals surface area contributed by atoms with Crippen molar-refractivity contribution in [1.82, 2.24) is 29.8 Å². The number of sulfonamides is 1. The third-order valence-electron chi connectivity index (χ3n) is 12.0. The maximum Gasteiger partial charge on any atom is 0.257 e. The number of rotatable bonds is 11. The number of nitrogens with one attached hydrogen (secondary N) is 3. The van der Waals surface area contributed by atoms with E-state index in [0.717, 1.165) is 94.2 Å². The lowest BCUT2D eigenvalue weighted by Gasteiger charge is -2.47. The van der Waals surface area contributed by atoms with Crippen molar-refractivity contribution >= 4 is 39.3 Å². The van der Waals surface area contributed by atoms with Crippen LogP contribution >= 0.6 is 23.4 Å². The number of piperidine rings is 2. The summed E-state index contributed by atoms with van der Waals surface area (Å²) in [6, 6.07) is 0.380. The van der Waals surface area contributed by atoms with Gasteiger partial charge in [-0.05, 0) is 103 Å². The van der Waals surface area contributed by atoms with Crippen LogP contribution in [0.1, 0.15) is 69.0 Å². The molecule has 12 nitrogen and oxygen atoms in total. The number of ether oxygens (including phenoxy) is 2. The lowest BCUT2D eigenvalue weighted by Crippen LogP contribution is -2.58. The van der Waals surface area contributed by atoms with E-state index in [2.05, 4.69) is 34.2 Å². The molecule has 3 N–H and O–H groups in total. The lowest BCUT2D eigenvalue weighted by molar-refractivity contribution is -0.123. The lowest BCUT2D eigenvalue weighted by atomic mass is 9.70. The van der Waals surface area contributed by atoms with Gasteiger partial charge in [0.2, 0.25) is 15.9 Å². The smallest absolute Gasteiger partial charge is 0.257 e. The molecule has 0 bridgehead atoms. The van der Waals surface area contributed by atoms with Gasteiger partial charge >= 0.3 is 0 Å². The zero-order valence-electron chi connectivity index (χ0n) is 30.2. The molecule has 11 atom stereocenters. The largest absolute Gasteiger partial charge is 0.376 e. The van der Waals surface area contributed by atoms with Crippen LogP contribution in [-0.4, -0.2) is 116 Å². The van der Waals surface area contributed by atoms with Gasteiger partial charge in [0, 0.05) is 53.7 Å². The second-order valence-electron chi connectivity index (χ2n) is 15.6. The third kappa shape index (κ3) is 8.91. The average molecular weight is 757 g/mol. The normalized spacial score (nSPS) is 36.2. The van der Waals surface area contributed by atoms with Crippen LogP contribution in [-0.2, 0) is 43.7 Å². The molecule has 1 amide bonds. The second-order valence-corrected chi connectivity index (χ2v) is 19.1. The van der Waals surface area contributed by atoms with Gasteiger partial charge in [0.1, 0.15) is 12.1 Å². The number of carbonyl (C=O) groups excluding carboxylic acids is 1. The predicted molar refractivity (Wildman–Crippen MR) is 197 cm³/mol. The summed E-state index contributed by atoms with van der Waals surface area (Å²) in [5.41, 5.74) is 1.86. The van der Waals surface area contributed by atoms with Gasteiger partial charge < -0.3 is 19.7 Å². The molecule has 1 saturated carbocycles. The highest BCUT2D eigenvalue weighted by Gasteiger charge is 2.52. The summed E-state index contributed by atoms with van der Waals surface area (Å²) >= 11 is 8.56. The van der Waals surface area contributed by atoms with Gasteiger partial charge in [-0.3, -0.25) is 24.2 Å². The van der Waals surface area contributed by atoms with E-state index in [4.69, 9.17) is 26.1 Å². The highest BCUT2D eigenvalue weighted by Crippen LogP contribution is 2.48. The minimum Gasteiger partial charge on any atom is -0.376 e. The zero-order valence-corrected chi connectivity index (χ0v) is 32.6. The van der Waals surface area contributed by atoms with Crippen LogP contribution in [0.4, 0.5) is 0 Å². The van der Waals surface area contributed by atoms with Crippen LogP contribution in [0, 0.1) is 30.6 Å². The van der Waals surface area contributed by atoms with Crippen molar-refractivity contribution in [2.24, 2.45) is 23.7 Å². The van der Waals surface area contributed by atoms with Gasteiger partial charge in [-0.15, -0.1) is 11.6 Å². The number of aromatic nitrogens is 2. The van der Waals surface area contributed by atoms with Crippen molar-refractivity contribution < 1.29 is 22.7 Å². The fourth-order valence-corrected chi connectivity index (χ4v) is 12.2. The monoisotopic (exact) mass is 756 g/mol. The number of aryl methyl sites for hydroxylation is 2. The predicted octanol–water partition coefficient (Wildman–Crippen LogP) is 2.28. The molecule has 15 heteroatoms. The van der Waals surface area contributed by atoms with Crippen molar-refractivity contribution in [3.8, 4) is 0 Å². The Labute approximate surface area is 307 Å². The van der Waals surface area contributed by atoms with Crippen LogP contribution in [0.15, 0.2) is 4.79 Å². The molecule has 50 heavy (non-hydrogen) atoms. The van der Waals surface area contributed by atoms with Gasteiger partial charge in [0.05, 0.1) is 37.1 Å². The fraction of sp³-hybridized carbons (Fsp3) is 0.857. The molecule has 282 valence electrons. The van der Waals surface area contributed by atoms with Crippen LogP contribution in [0.3, 0.4) is 0 Å². The summed E-state index contributed by atoms with van der Waals surface area (Å²) in [7, 11) is 0.324. The van der Waals surface area contributed by atoms with Gasteiger partial charge in [-0.2, -0.15) is 11.8 Å². The molecule has 4 heterocycles. The van der Waals surface area contributed by atoms with E-state index in [-0.39, 0.29) is 52.4 Å². The number of halogens is 1. The molecular weight excluding hydrogens is 700 g/mol. The highest BCUT2D eigenvalue weighted by molar-refractivity contribution is 8.00. The van der Waals surface area contributed by atoms with E-state index in [1.807, 2.05) is 6.92 Å². The summed E-state index contributed by atoms with van der Waals surface area (Å²) in [6.07, 6.45) is 9.33. The first-order valence-electron chi connectivity index (χ1n) is 18.5. The maximum absolute atomic E-state index is 14.0. The summed E-state index contributed by atoms with van der Waals surface area (Å²) in [5.74, 6) is 1.52. The topological polar surface area (TPSA) is 144 Å². The van der Waals surface area contributed by atoms with Gasteiger partial charge in [0.25, 0.3) is 5.56 Å². The minimum atomic E-state index is -3.63. The Morgan fingerprint density at radius 3 is 2.74 bits per heavy atom. The number of fused-ring (bicyclic) bond motifs is 2. The summed E-state index contributed by atoms with van der Waals surface area (Å²) in [5, 5.41) is 7.27. The molecule has 6 rings (SSSR count). The summed E-state index contributed by atoms with van der Waals surface area (Å²) < 4.78 is 39.9. The fourth-order valence-electron chi connectivity index (χ4n) is 9.49. The number of alkyl halides is 1. The minimum absolute atomic E-state index is 0.00207. The van der Waals surface area contributed by atoms with E-state index in [9.17, 15) is 18.0 Å². The number of nitrogens with zero attached hydrogens (tertiary/aromatic N) is 3. The van der Waals surface area contributed by atoms with Gasteiger partial charge in [0.15, 0.2) is 0 Å². The molecule has 10 unspecified atom stereocenters.